The van der Waals surface area contributed by atoms with Crippen LogP contribution < -0.4 is 5.73 Å². The molecule has 0 amide bonds. The van der Waals surface area contributed by atoms with E-state index in [0.29, 0.717) is 6.04 Å². The minimum absolute atomic E-state index is 0.402. The molecule has 1 unspecified atom stereocenters. The van der Waals surface area contributed by atoms with E-state index in [1.165, 1.54) is 37.7 Å². The maximum absolute atomic E-state index is 5.99. The molecule has 1 atom stereocenters. The Bertz CT molecular complexity index is 328. The number of likely N-dealkylation sites (N-methyl/N-ethyl adjacent to an activating group) is 1. The van der Waals surface area contributed by atoms with Crippen LogP contribution in [0.4, 0.5) is 0 Å². The van der Waals surface area contributed by atoms with Crippen molar-refractivity contribution < 1.29 is 0 Å². The molecule has 1 aliphatic rings. The van der Waals surface area contributed by atoms with Gasteiger partial charge < -0.3 is 5.73 Å². The molecule has 2 nitrogen and oxygen atoms in total. The maximum atomic E-state index is 5.99. The van der Waals surface area contributed by atoms with Gasteiger partial charge in [-0.15, -0.1) is 0 Å². The Balaban J connectivity index is 1.96. The highest BCUT2D eigenvalue weighted by molar-refractivity contribution is 7.07. The van der Waals surface area contributed by atoms with E-state index in [4.69, 9.17) is 5.73 Å². The summed E-state index contributed by atoms with van der Waals surface area (Å²) in [5.41, 5.74) is 7.38. The molecule has 2 rings (SSSR count). The lowest BCUT2D eigenvalue weighted by atomic mass is 9.83. The number of rotatable bonds is 5. The van der Waals surface area contributed by atoms with Gasteiger partial charge >= 0.3 is 0 Å². The minimum atomic E-state index is 0.402. The van der Waals surface area contributed by atoms with Crippen molar-refractivity contribution in [1.82, 2.24) is 4.90 Å². The molecule has 1 aromatic heterocycles. The van der Waals surface area contributed by atoms with Gasteiger partial charge in [-0.1, -0.05) is 13.3 Å². The fourth-order valence-electron chi connectivity index (χ4n) is 3.22. The molecule has 1 aromatic rings. The number of thiophene rings is 1. The highest BCUT2D eigenvalue weighted by atomic mass is 32.1. The molecule has 1 saturated carbocycles. The molecule has 102 valence electrons. The van der Waals surface area contributed by atoms with Crippen molar-refractivity contribution in [2.24, 2.45) is 11.7 Å². The summed E-state index contributed by atoms with van der Waals surface area (Å²) in [5.74, 6) is 0.965. The van der Waals surface area contributed by atoms with Gasteiger partial charge in [0, 0.05) is 18.6 Å². The highest BCUT2D eigenvalue weighted by Gasteiger charge is 2.27. The zero-order valence-corrected chi connectivity index (χ0v) is 12.5. The van der Waals surface area contributed by atoms with Gasteiger partial charge in [-0.25, -0.2) is 0 Å². The summed E-state index contributed by atoms with van der Waals surface area (Å²) in [6.07, 6.45) is 6.82. The molecular formula is C15H26N2S. The monoisotopic (exact) mass is 266 g/mol. The standard InChI is InChI=1S/C15H26N2S/c1-3-12-4-6-14(7-5-12)17(2)15(10-16)13-8-9-18-11-13/h8-9,11-12,14-15H,3-7,10,16H2,1-2H3. The molecule has 0 bridgehead atoms. The second-order valence-electron chi connectivity index (χ2n) is 5.56. The van der Waals surface area contributed by atoms with E-state index in [-0.39, 0.29) is 0 Å². The lowest BCUT2D eigenvalue weighted by molar-refractivity contribution is 0.122. The van der Waals surface area contributed by atoms with Crippen LogP contribution in [0, 0.1) is 5.92 Å². The van der Waals surface area contributed by atoms with Crippen LogP contribution in [0.2, 0.25) is 0 Å². The molecule has 1 heterocycles. The first kappa shape index (κ1) is 14.0. The van der Waals surface area contributed by atoms with E-state index < -0.39 is 0 Å². The Kier molecular flexibility index (Phi) is 5.22. The second kappa shape index (κ2) is 6.69. The fraction of sp³-hybridized carbons (Fsp3) is 0.733. The first-order valence-corrected chi connectivity index (χ1v) is 8.14. The van der Waals surface area contributed by atoms with E-state index in [1.54, 1.807) is 11.3 Å². The van der Waals surface area contributed by atoms with Crippen LogP contribution in [-0.2, 0) is 0 Å². The van der Waals surface area contributed by atoms with Crippen LogP contribution in [-0.4, -0.2) is 24.5 Å². The van der Waals surface area contributed by atoms with E-state index in [9.17, 15) is 0 Å². The van der Waals surface area contributed by atoms with Crippen molar-refractivity contribution >= 4 is 11.3 Å². The molecule has 0 aliphatic heterocycles. The predicted octanol–water partition coefficient (Wildman–Crippen LogP) is 3.65. The fourth-order valence-corrected chi connectivity index (χ4v) is 3.92. The summed E-state index contributed by atoms with van der Waals surface area (Å²) in [6.45, 7) is 3.05. The second-order valence-corrected chi connectivity index (χ2v) is 6.34. The van der Waals surface area contributed by atoms with E-state index in [0.717, 1.165) is 18.5 Å². The van der Waals surface area contributed by atoms with Crippen molar-refractivity contribution in [3.8, 4) is 0 Å². The smallest absolute Gasteiger partial charge is 0.0478 e. The largest absolute Gasteiger partial charge is 0.329 e. The first-order valence-electron chi connectivity index (χ1n) is 7.20. The zero-order valence-electron chi connectivity index (χ0n) is 11.6. The van der Waals surface area contributed by atoms with Gasteiger partial charge in [-0.05, 0) is 61.0 Å². The van der Waals surface area contributed by atoms with E-state index >= 15 is 0 Å². The van der Waals surface area contributed by atoms with Crippen LogP contribution >= 0.6 is 11.3 Å². The lowest BCUT2D eigenvalue weighted by Crippen LogP contribution is -2.40. The molecular weight excluding hydrogens is 240 g/mol. The SMILES string of the molecule is CCC1CCC(N(C)C(CN)c2ccsc2)CC1. The first-order chi connectivity index (χ1) is 8.76. The molecule has 0 spiro atoms. The van der Waals surface area contributed by atoms with Gasteiger partial charge in [0.2, 0.25) is 0 Å². The van der Waals surface area contributed by atoms with Crippen LogP contribution in [0.15, 0.2) is 16.8 Å². The summed E-state index contributed by atoms with van der Waals surface area (Å²) in [5, 5.41) is 4.39. The average molecular weight is 266 g/mol. The molecule has 1 aliphatic carbocycles. The number of nitrogens with zero attached hydrogens (tertiary/aromatic N) is 1. The maximum Gasteiger partial charge on any atom is 0.0478 e. The van der Waals surface area contributed by atoms with Crippen molar-refractivity contribution in [2.75, 3.05) is 13.6 Å². The Morgan fingerprint density at radius 2 is 2.11 bits per heavy atom. The normalized spacial score (nSPS) is 26.4. The molecule has 2 N–H and O–H groups in total. The molecule has 0 radical (unpaired) electrons. The van der Waals surface area contributed by atoms with Crippen LogP contribution in [0.1, 0.15) is 50.6 Å². The third kappa shape index (κ3) is 3.14. The Morgan fingerprint density at radius 3 is 2.61 bits per heavy atom. The molecule has 1 fully saturated rings. The highest BCUT2D eigenvalue weighted by Crippen LogP contribution is 2.32. The van der Waals surface area contributed by atoms with E-state index in [1.807, 2.05) is 0 Å². The quantitative estimate of drug-likeness (QED) is 0.881. The van der Waals surface area contributed by atoms with Crippen LogP contribution in [0.3, 0.4) is 0 Å². The van der Waals surface area contributed by atoms with Gasteiger partial charge in [0.15, 0.2) is 0 Å². The lowest BCUT2D eigenvalue weighted by Gasteiger charge is -2.38. The molecule has 3 heteroatoms. The van der Waals surface area contributed by atoms with Crippen LogP contribution in [0.25, 0.3) is 0 Å². The number of hydrogen-bond acceptors (Lipinski definition) is 3. The third-order valence-electron chi connectivity index (χ3n) is 4.61. The van der Waals surface area contributed by atoms with Crippen molar-refractivity contribution in [1.29, 1.82) is 0 Å². The Morgan fingerprint density at radius 1 is 1.39 bits per heavy atom. The molecule has 0 aromatic carbocycles. The van der Waals surface area contributed by atoms with Crippen molar-refractivity contribution in [3.63, 3.8) is 0 Å². The summed E-state index contributed by atoms with van der Waals surface area (Å²) in [6, 6.07) is 3.34. The van der Waals surface area contributed by atoms with Crippen LogP contribution in [0.5, 0.6) is 0 Å². The Hall–Kier alpha value is -0.380. The van der Waals surface area contributed by atoms with Crippen molar-refractivity contribution in [3.05, 3.63) is 22.4 Å². The van der Waals surface area contributed by atoms with Crippen molar-refractivity contribution in [2.45, 2.75) is 51.1 Å². The summed E-state index contributed by atoms with van der Waals surface area (Å²) in [7, 11) is 2.26. The zero-order chi connectivity index (χ0) is 13.0. The number of hydrogen-bond donors (Lipinski definition) is 1. The van der Waals surface area contributed by atoms with Gasteiger partial charge in [-0.2, -0.15) is 11.3 Å². The minimum Gasteiger partial charge on any atom is -0.329 e. The van der Waals surface area contributed by atoms with Gasteiger partial charge in [0.25, 0.3) is 0 Å². The predicted molar refractivity (Wildman–Crippen MR) is 79.9 cm³/mol. The molecule has 0 saturated heterocycles. The Labute approximate surface area is 115 Å². The van der Waals surface area contributed by atoms with Gasteiger partial charge in [0.1, 0.15) is 0 Å². The topological polar surface area (TPSA) is 29.3 Å². The number of nitrogens with two attached hydrogens (primary N) is 1. The summed E-state index contributed by atoms with van der Waals surface area (Å²) >= 11 is 1.77. The summed E-state index contributed by atoms with van der Waals surface area (Å²) in [4.78, 5) is 2.52. The summed E-state index contributed by atoms with van der Waals surface area (Å²) < 4.78 is 0. The van der Waals surface area contributed by atoms with E-state index in [2.05, 4.69) is 35.7 Å². The third-order valence-corrected chi connectivity index (χ3v) is 5.31. The molecule has 18 heavy (non-hydrogen) atoms. The van der Waals surface area contributed by atoms with Gasteiger partial charge in [0.05, 0.1) is 0 Å². The average Bonchev–Trinajstić information content (AvgIpc) is 2.93. The van der Waals surface area contributed by atoms with Gasteiger partial charge in [-0.3, -0.25) is 4.90 Å².